The minimum absolute atomic E-state index is 0.00339. The molecule has 0 amide bonds. The molecule has 0 fully saturated rings. The Kier molecular flexibility index (Phi) is 9.83. The molecule has 0 heterocycles. The third kappa shape index (κ3) is 8.04. The van der Waals surface area contributed by atoms with Gasteiger partial charge in [-0.3, -0.25) is 9.59 Å². The van der Waals surface area contributed by atoms with Crippen molar-refractivity contribution in [3.63, 3.8) is 0 Å². The molecule has 49 heavy (non-hydrogen) atoms. The van der Waals surface area contributed by atoms with Gasteiger partial charge < -0.3 is 18.9 Å². The van der Waals surface area contributed by atoms with Gasteiger partial charge in [0.1, 0.15) is 45.1 Å². The molecular weight excluding hydrogens is 640 g/mol. The van der Waals surface area contributed by atoms with Crippen LogP contribution in [0, 0.1) is 6.92 Å². The van der Waals surface area contributed by atoms with Gasteiger partial charge in [0.2, 0.25) is 0 Å². The summed E-state index contributed by atoms with van der Waals surface area (Å²) < 4.78 is 46.1. The van der Waals surface area contributed by atoms with Crippen LogP contribution in [-0.4, -0.2) is 27.1 Å². The average molecular weight is 671 g/mol. The third-order valence-corrected chi connectivity index (χ3v) is 8.29. The van der Waals surface area contributed by atoms with Gasteiger partial charge in [-0.25, -0.2) is 8.42 Å². The molecule has 9 heteroatoms. The van der Waals surface area contributed by atoms with Crippen LogP contribution in [0.25, 0.3) is 0 Å². The van der Waals surface area contributed by atoms with Gasteiger partial charge in [0.05, 0.1) is 7.11 Å². The molecule has 0 aliphatic carbocycles. The molecule has 0 bridgehead atoms. The minimum Gasteiger partial charge on any atom is -0.497 e. The lowest BCUT2D eigenvalue weighted by atomic mass is 10.0. The Bertz CT molecular complexity index is 2160. The van der Waals surface area contributed by atoms with E-state index in [9.17, 15) is 18.0 Å². The van der Waals surface area contributed by atoms with Gasteiger partial charge in [-0.1, -0.05) is 29.8 Å². The van der Waals surface area contributed by atoms with Crippen LogP contribution < -0.4 is 18.9 Å². The number of aryl methyl sites for hydroxylation is 1. The van der Waals surface area contributed by atoms with Crippen molar-refractivity contribution in [3.8, 4) is 40.2 Å². The van der Waals surface area contributed by atoms with Crippen molar-refractivity contribution in [2.75, 3.05) is 7.11 Å². The molecule has 0 aliphatic heterocycles. The second kappa shape index (κ2) is 14.7. The highest BCUT2D eigenvalue weighted by Gasteiger charge is 2.13. The summed E-state index contributed by atoms with van der Waals surface area (Å²) in [6, 6.07) is 39.3. The fourth-order valence-corrected chi connectivity index (χ4v) is 5.42. The molecule has 0 unspecified atom stereocenters. The van der Waals surface area contributed by atoms with Crippen molar-refractivity contribution in [3.05, 3.63) is 167 Å². The molecule has 6 aromatic rings. The van der Waals surface area contributed by atoms with Gasteiger partial charge in [0.25, 0.3) is 0 Å². The molecule has 0 radical (unpaired) electrons. The van der Waals surface area contributed by atoms with Crippen molar-refractivity contribution in [2.45, 2.75) is 11.8 Å². The van der Waals surface area contributed by atoms with Crippen LogP contribution in [0.1, 0.15) is 37.4 Å². The number of methoxy groups -OCH3 is 1. The van der Waals surface area contributed by atoms with E-state index in [0.717, 1.165) is 5.56 Å². The molecule has 0 spiro atoms. The van der Waals surface area contributed by atoms with Gasteiger partial charge in [0.15, 0.2) is 22.3 Å². The van der Waals surface area contributed by atoms with E-state index in [0.29, 0.717) is 56.8 Å². The standard InChI is InChI=1S/C40H30O8S/c1-26-3-5-27(6-4-26)39(41)28-7-13-31(14-8-28)46-33-19-21-34(22-20-33)47-32-15-9-29(10-16-32)40(42)30-11-17-35(18-12-30)48-37-24-23-36(45-2)25-38(37)49(43)44/h3-25,49H,1-2H3. The predicted molar refractivity (Wildman–Crippen MR) is 186 cm³/mol. The first-order valence-electron chi connectivity index (χ1n) is 15.2. The van der Waals surface area contributed by atoms with Gasteiger partial charge in [-0.05, 0) is 116 Å². The topological polar surface area (TPSA) is 105 Å². The summed E-state index contributed by atoms with van der Waals surface area (Å²) in [4.78, 5) is 25.8. The Hall–Kier alpha value is -6.19. The third-order valence-electron chi connectivity index (χ3n) is 7.55. The quantitative estimate of drug-likeness (QED) is 0.102. The molecule has 0 saturated heterocycles. The number of thiol groups is 1. The molecule has 0 N–H and O–H groups in total. The van der Waals surface area contributed by atoms with Crippen LogP contribution in [0.2, 0.25) is 0 Å². The first-order valence-corrected chi connectivity index (χ1v) is 16.4. The fraction of sp³-hybridized carbons (Fsp3) is 0.0500. The summed E-state index contributed by atoms with van der Waals surface area (Å²) in [6.45, 7) is 1.98. The zero-order valence-electron chi connectivity index (χ0n) is 26.5. The van der Waals surface area contributed by atoms with Gasteiger partial charge in [0, 0.05) is 28.3 Å². The first-order chi connectivity index (χ1) is 23.7. The second-order valence-corrected chi connectivity index (χ2v) is 12.0. The van der Waals surface area contributed by atoms with Crippen LogP contribution in [-0.2, 0) is 10.7 Å². The van der Waals surface area contributed by atoms with E-state index in [-0.39, 0.29) is 22.2 Å². The Morgan fingerprint density at radius 2 is 0.776 bits per heavy atom. The van der Waals surface area contributed by atoms with E-state index >= 15 is 0 Å². The van der Waals surface area contributed by atoms with E-state index in [2.05, 4.69) is 0 Å². The Morgan fingerprint density at radius 1 is 0.449 bits per heavy atom. The number of benzene rings is 6. The Balaban J connectivity index is 1.03. The normalized spacial score (nSPS) is 10.8. The largest absolute Gasteiger partial charge is 0.497 e. The van der Waals surface area contributed by atoms with Gasteiger partial charge in [-0.15, -0.1) is 0 Å². The SMILES string of the molecule is COc1ccc(Oc2ccc(C(=O)c3ccc(Oc4ccc(Oc5ccc(C(=O)c6ccc(C)cc6)cc5)cc4)cc3)cc2)c([SH](=O)=O)c1. The Morgan fingerprint density at radius 3 is 1.14 bits per heavy atom. The highest BCUT2D eigenvalue weighted by atomic mass is 32.2. The molecule has 0 aromatic heterocycles. The maximum atomic E-state index is 13.1. The fourth-order valence-electron chi connectivity index (χ4n) is 4.89. The minimum atomic E-state index is -2.90. The maximum Gasteiger partial charge on any atom is 0.193 e. The first kappa shape index (κ1) is 32.7. The van der Waals surface area contributed by atoms with E-state index in [4.69, 9.17) is 18.9 Å². The summed E-state index contributed by atoms with van der Waals surface area (Å²) in [5.41, 5.74) is 3.22. The van der Waals surface area contributed by atoms with Crippen molar-refractivity contribution in [1.29, 1.82) is 0 Å². The average Bonchev–Trinajstić information content (AvgIpc) is 3.13. The monoisotopic (exact) mass is 670 g/mol. The molecule has 244 valence electrons. The summed E-state index contributed by atoms with van der Waals surface area (Å²) in [5.74, 6) is 3.03. The number of ether oxygens (including phenoxy) is 4. The second-order valence-electron chi connectivity index (χ2n) is 11.0. The molecule has 6 rings (SSSR count). The highest BCUT2D eigenvalue weighted by molar-refractivity contribution is 7.72. The number of carbonyl (C=O) groups is 2. The number of rotatable bonds is 12. The Labute approximate surface area is 285 Å². The molecule has 6 aromatic carbocycles. The lowest BCUT2D eigenvalue weighted by Gasteiger charge is -2.10. The summed E-state index contributed by atoms with van der Waals surface area (Å²) in [7, 11) is -1.46. The lowest BCUT2D eigenvalue weighted by molar-refractivity contribution is 0.103. The number of ketones is 2. The van der Waals surface area contributed by atoms with E-state index < -0.39 is 10.7 Å². The smallest absolute Gasteiger partial charge is 0.193 e. The van der Waals surface area contributed by atoms with Crippen molar-refractivity contribution >= 4 is 22.3 Å². The van der Waals surface area contributed by atoms with Crippen molar-refractivity contribution in [2.24, 2.45) is 0 Å². The molecule has 0 atom stereocenters. The molecular formula is C40H30O8S. The maximum absolute atomic E-state index is 13.1. The zero-order chi connectivity index (χ0) is 34.3. The van der Waals surface area contributed by atoms with Crippen LogP contribution in [0.4, 0.5) is 0 Å². The summed E-state index contributed by atoms with van der Waals surface area (Å²) in [6.07, 6.45) is 0. The van der Waals surface area contributed by atoms with E-state index in [1.54, 1.807) is 103 Å². The van der Waals surface area contributed by atoms with E-state index in [1.807, 2.05) is 31.2 Å². The van der Waals surface area contributed by atoms with Gasteiger partial charge in [-0.2, -0.15) is 0 Å². The van der Waals surface area contributed by atoms with E-state index in [1.165, 1.54) is 19.2 Å². The zero-order valence-corrected chi connectivity index (χ0v) is 27.4. The van der Waals surface area contributed by atoms with Gasteiger partial charge >= 0.3 is 0 Å². The molecule has 0 saturated carbocycles. The van der Waals surface area contributed by atoms with Crippen LogP contribution in [0.3, 0.4) is 0 Å². The molecule has 0 aliphatic rings. The predicted octanol–water partition coefficient (Wildman–Crippen LogP) is 8.81. The molecule has 8 nitrogen and oxygen atoms in total. The number of hydrogen-bond donors (Lipinski definition) is 1. The van der Waals surface area contributed by atoms with Crippen LogP contribution >= 0.6 is 0 Å². The number of carbonyl (C=O) groups excluding carboxylic acids is 2. The number of hydrogen-bond acceptors (Lipinski definition) is 8. The van der Waals surface area contributed by atoms with Crippen LogP contribution in [0.15, 0.2) is 144 Å². The van der Waals surface area contributed by atoms with Crippen LogP contribution in [0.5, 0.6) is 40.2 Å². The highest BCUT2D eigenvalue weighted by Crippen LogP contribution is 2.31. The van der Waals surface area contributed by atoms with Crippen molar-refractivity contribution in [1.82, 2.24) is 0 Å². The lowest BCUT2D eigenvalue weighted by Crippen LogP contribution is -2.01. The summed E-state index contributed by atoms with van der Waals surface area (Å²) in [5, 5.41) is 0. The summed E-state index contributed by atoms with van der Waals surface area (Å²) >= 11 is 0. The van der Waals surface area contributed by atoms with Crippen molar-refractivity contribution < 1.29 is 37.0 Å².